The van der Waals surface area contributed by atoms with Crippen molar-refractivity contribution in [2.75, 3.05) is 0 Å². The SMILES string of the molecule is Cc1ccc2oc(Cc3ccccc3[N+](=O)[O-])nc2c1. The highest BCUT2D eigenvalue weighted by molar-refractivity contribution is 5.73. The first-order valence-electron chi connectivity index (χ1n) is 6.22. The monoisotopic (exact) mass is 268 g/mol. The molecule has 5 nitrogen and oxygen atoms in total. The Kier molecular flexibility index (Phi) is 2.95. The van der Waals surface area contributed by atoms with Gasteiger partial charge in [0.2, 0.25) is 0 Å². The fraction of sp³-hybridized carbons (Fsp3) is 0.133. The van der Waals surface area contributed by atoms with Crippen LogP contribution >= 0.6 is 0 Å². The van der Waals surface area contributed by atoms with Crippen LogP contribution in [-0.2, 0) is 6.42 Å². The number of hydrogen-bond acceptors (Lipinski definition) is 4. The van der Waals surface area contributed by atoms with Gasteiger partial charge in [-0.15, -0.1) is 0 Å². The first-order valence-corrected chi connectivity index (χ1v) is 6.22. The number of aryl methyl sites for hydroxylation is 1. The zero-order valence-corrected chi connectivity index (χ0v) is 10.9. The van der Waals surface area contributed by atoms with Gasteiger partial charge in [0, 0.05) is 11.6 Å². The Morgan fingerprint density at radius 1 is 1.25 bits per heavy atom. The molecule has 0 unspecified atom stereocenters. The predicted molar refractivity (Wildman–Crippen MR) is 74.6 cm³/mol. The molecule has 0 aliphatic carbocycles. The Bertz CT molecular complexity index is 793. The molecule has 1 heterocycles. The van der Waals surface area contributed by atoms with Crippen molar-refractivity contribution in [2.45, 2.75) is 13.3 Å². The number of nitro groups is 1. The lowest BCUT2D eigenvalue weighted by Gasteiger charge is -1.99. The van der Waals surface area contributed by atoms with Gasteiger partial charge in [0.1, 0.15) is 5.52 Å². The molecule has 0 N–H and O–H groups in total. The molecule has 0 bridgehead atoms. The zero-order chi connectivity index (χ0) is 14.1. The molecule has 0 fully saturated rings. The normalized spacial score (nSPS) is 10.8. The zero-order valence-electron chi connectivity index (χ0n) is 10.9. The number of hydrogen-bond donors (Lipinski definition) is 0. The van der Waals surface area contributed by atoms with E-state index in [9.17, 15) is 10.1 Å². The number of aromatic nitrogens is 1. The Morgan fingerprint density at radius 3 is 2.85 bits per heavy atom. The summed E-state index contributed by atoms with van der Waals surface area (Å²) in [5.41, 5.74) is 3.26. The summed E-state index contributed by atoms with van der Waals surface area (Å²) >= 11 is 0. The maximum absolute atomic E-state index is 11.0. The molecular formula is C15H12N2O3. The molecular weight excluding hydrogens is 256 g/mol. The van der Waals surface area contributed by atoms with Gasteiger partial charge in [-0.1, -0.05) is 24.3 Å². The summed E-state index contributed by atoms with van der Waals surface area (Å²) in [6, 6.07) is 12.4. The third-order valence-corrected chi connectivity index (χ3v) is 3.12. The van der Waals surface area contributed by atoms with Crippen LogP contribution in [0.1, 0.15) is 17.0 Å². The van der Waals surface area contributed by atoms with Crippen LogP contribution in [-0.4, -0.2) is 9.91 Å². The maximum Gasteiger partial charge on any atom is 0.273 e. The van der Waals surface area contributed by atoms with E-state index in [0.717, 1.165) is 11.1 Å². The highest BCUT2D eigenvalue weighted by atomic mass is 16.6. The van der Waals surface area contributed by atoms with Crippen molar-refractivity contribution in [1.82, 2.24) is 4.98 Å². The van der Waals surface area contributed by atoms with E-state index in [1.54, 1.807) is 18.2 Å². The first-order chi connectivity index (χ1) is 9.63. The lowest BCUT2D eigenvalue weighted by Crippen LogP contribution is -1.96. The van der Waals surface area contributed by atoms with Crippen LogP contribution in [0.3, 0.4) is 0 Å². The van der Waals surface area contributed by atoms with Crippen LogP contribution in [0.5, 0.6) is 0 Å². The second-order valence-electron chi connectivity index (χ2n) is 4.64. The third kappa shape index (κ3) is 2.25. The standard InChI is InChI=1S/C15H12N2O3/c1-10-6-7-14-12(8-10)16-15(20-14)9-11-4-2-3-5-13(11)17(18)19/h2-8H,9H2,1H3. The van der Waals surface area contributed by atoms with Gasteiger partial charge >= 0.3 is 0 Å². The molecule has 2 aromatic carbocycles. The highest BCUT2D eigenvalue weighted by Crippen LogP contribution is 2.23. The van der Waals surface area contributed by atoms with Gasteiger partial charge in [-0.2, -0.15) is 0 Å². The summed E-state index contributed by atoms with van der Waals surface area (Å²) in [5, 5.41) is 11.0. The van der Waals surface area contributed by atoms with Crippen molar-refractivity contribution in [3.05, 3.63) is 69.6 Å². The molecule has 3 aromatic rings. The molecule has 0 saturated carbocycles. The first kappa shape index (κ1) is 12.3. The molecule has 3 rings (SSSR count). The molecule has 0 saturated heterocycles. The van der Waals surface area contributed by atoms with Crippen LogP contribution in [0.2, 0.25) is 0 Å². The van der Waals surface area contributed by atoms with Gasteiger partial charge in [-0.3, -0.25) is 10.1 Å². The van der Waals surface area contributed by atoms with E-state index < -0.39 is 0 Å². The lowest BCUT2D eigenvalue weighted by molar-refractivity contribution is -0.385. The number of benzene rings is 2. The second kappa shape index (κ2) is 4.77. The fourth-order valence-electron chi connectivity index (χ4n) is 2.16. The highest BCUT2D eigenvalue weighted by Gasteiger charge is 2.15. The van der Waals surface area contributed by atoms with Gasteiger partial charge in [0.05, 0.1) is 11.3 Å². The lowest BCUT2D eigenvalue weighted by atomic mass is 10.1. The van der Waals surface area contributed by atoms with E-state index in [-0.39, 0.29) is 10.6 Å². The van der Waals surface area contributed by atoms with E-state index in [0.29, 0.717) is 23.5 Å². The average Bonchev–Trinajstić information content (AvgIpc) is 2.80. The van der Waals surface area contributed by atoms with E-state index in [1.165, 1.54) is 6.07 Å². The molecule has 0 aliphatic rings. The van der Waals surface area contributed by atoms with Crippen molar-refractivity contribution < 1.29 is 9.34 Å². The summed E-state index contributed by atoms with van der Waals surface area (Å²) in [7, 11) is 0. The van der Waals surface area contributed by atoms with Crippen molar-refractivity contribution >= 4 is 16.8 Å². The summed E-state index contributed by atoms with van der Waals surface area (Å²) < 4.78 is 5.63. The molecule has 5 heteroatoms. The van der Waals surface area contributed by atoms with Crippen molar-refractivity contribution in [1.29, 1.82) is 0 Å². The number of nitro benzene ring substituents is 1. The third-order valence-electron chi connectivity index (χ3n) is 3.12. The largest absolute Gasteiger partial charge is 0.440 e. The Balaban J connectivity index is 1.99. The number of fused-ring (bicyclic) bond motifs is 1. The maximum atomic E-state index is 11.0. The van der Waals surface area contributed by atoms with Crippen LogP contribution in [0.4, 0.5) is 5.69 Å². The van der Waals surface area contributed by atoms with E-state index in [2.05, 4.69) is 4.98 Å². The van der Waals surface area contributed by atoms with Crippen molar-refractivity contribution in [3.8, 4) is 0 Å². The van der Waals surface area contributed by atoms with Crippen LogP contribution < -0.4 is 0 Å². The van der Waals surface area contributed by atoms with Gasteiger partial charge in [-0.05, 0) is 24.6 Å². The predicted octanol–water partition coefficient (Wildman–Crippen LogP) is 3.64. The molecule has 20 heavy (non-hydrogen) atoms. The molecule has 0 spiro atoms. The Morgan fingerprint density at radius 2 is 2.05 bits per heavy atom. The van der Waals surface area contributed by atoms with E-state index in [4.69, 9.17) is 4.42 Å². The van der Waals surface area contributed by atoms with Crippen LogP contribution in [0.25, 0.3) is 11.1 Å². The van der Waals surface area contributed by atoms with Gasteiger partial charge in [0.25, 0.3) is 5.69 Å². The van der Waals surface area contributed by atoms with Crippen molar-refractivity contribution in [3.63, 3.8) is 0 Å². The minimum absolute atomic E-state index is 0.0888. The topological polar surface area (TPSA) is 69.2 Å². The minimum Gasteiger partial charge on any atom is -0.440 e. The molecule has 1 aromatic heterocycles. The summed E-state index contributed by atoms with van der Waals surface area (Å²) in [6.07, 6.45) is 0.310. The summed E-state index contributed by atoms with van der Waals surface area (Å²) in [5.74, 6) is 0.486. The Labute approximate surface area is 115 Å². The van der Waals surface area contributed by atoms with Gasteiger partial charge in [0.15, 0.2) is 11.5 Å². The smallest absolute Gasteiger partial charge is 0.273 e. The number of para-hydroxylation sites is 1. The van der Waals surface area contributed by atoms with Gasteiger partial charge in [-0.25, -0.2) is 4.98 Å². The quantitative estimate of drug-likeness (QED) is 0.537. The minimum atomic E-state index is -0.387. The van der Waals surface area contributed by atoms with E-state index >= 15 is 0 Å². The molecule has 0 atom stereocenters. The van der Waals surface area contributed by atoms with Crippen LogP contribution in [0.15, 0.2) is 46.9 Å². The Hall–Kier alpha value is -2.69. The van der Waals surface area contributed by atoms with E-state index in [1.807, 2.05) is 25.1 Å². The number of oxazole rings is 1. The molecule has 0 aliphatic heterocycles. The molecule has 0 amide bonds. The van der Waals surface area contributed by atoms with Gasteiger partial charge < -0.3 is 4.42 Å². The second-order valence-corrected chi connectivity index (χ2v) is 4.64. The summed E-state index contributed by atoms with van der Waals surface area (Å²) in [4.78, 5) is 15.0. The molecule has 0 radical (unpaired) electrons. The van der Waals surface area contributed by atoms with Crippen LogP contribution in [0, 0.1) is 17.0 Å². The number of nitrogens with zero attached hydrogens (tertiary/aromatic N) is 2. The van der Waals surface area contributed by atoms with Crippen molar-refractivity contribution in [2.24, 2.45) is 0 Å². The fourth-order valence-corrected chi connectivity index (χ4v) is 2.16. The average molecular weight is 268 g/mol. The summed E-state index contributed by atoms with van der Waals surface area (Å²) in [6.45, 7) is 1.98. The molecule has 100 valence electrons. The number of rotatable bonds is 3.